The summed E-state index contributed by atoms with van der Waals surface area (Å²) in [5.74, 6) is 0.490. The van der Waals surface area contributed by atoms with Crippen molar-refractivity contribution in [3.63, 3.8) is 0 Å². The number of benzene rings is 1. The van der Waals surface area contributed by atoms with E-state index in [0.29, 0.717) is 11.6 Å². The molecule has 5 nitrogen and oxygen atoms in total. The van der Waals surface area contributed by atoms with E-state index in [0.717, 1.165) is 36.6 Å². The SMILES string of the molecule is CNc1nc(C(=O)N2CC[C@@H](Cc3cccc(CO)c3)C2)cs1. The maximum Gasteiger partial charge on any atom is 0.273 e. The second-order valence-electron chi connectivity index (χ2n) is 5.88. The largest absolute Gasteiger partial charge is 0.392 e. The number of nitrogens with zero attached hydrogens (tertiary/aromatic N) is 2. The number of likely N-dealkylation sites (tertiary alicyclic amines) is 1. The van der Waals surface area contributed by atoms with Gasteiger partial charge < -0.3 is 15.3 Å². The van der Waals surface area contributed by atoms with Gasteiger partial charge in [0.1, 0.15) is 5.69 Å². The van der Waals surface area contributed by atoms with E-state index in [1.54, 1.807) is 7.05 Å². The molecule has 1 atom stereocenters. The molecule has 0 saturated carbocycles. The quantitative estimate of drug-likeness (QED) is 0.883. The molecule has 0 spiro atoms. The summed E-state index contributed by atoms with van der Waals surface area (Å²) in [6, 6.07) is 8.04. The molecule has 23 heavy (non-hydrogen) atoms. The fourth-order valence-electron chi connectivity index (χ4n) is 3.02. The normalized spacial score (nSPS) is 17.5. The molecule has 1 fully saturated rings. The Balaban J connectivity index is 1.60. The minimum atomic E-state index is 0.0226. The van der Waals surface area contributed by atoms with E-state index < -0.39 is 0 Å². The molecule has 0 radical (unpaired) electrons. The van der Waals surface area contributed by atoms with Gasteiger partial charge in [-0.1, -0.05) is 24.3 Å². The average Bonchev–Trinajstić information content (AvgIpc) is 3.23. The van der Waals surface area contributed by atoms with Crippen molar-refractivity contribution < 1.29 is 9.90 Å². The Morgan fingerprint density at radius 1 is 1.48 bits per heavy atom. The molecule has 0 bridgehead atoms. The molecule has 6 heteroatoms. The molecule has 1 aromatic heterocycles. The molecular formula is C17H21N3O2S. The van der Waals surface area contributed by atoms with E-state index in [-0.39, 0.29) is 12.5 Å². The number of nitrogens with one attached hydrogen (secondary N) is 1. The Hall–Kier alpha value is -1.92. The van der Waals surface area contributed by atoms with E-state index in [1.165, 1.54) is 16.9 Å². The lowest BCUT2D eigenvalue weighted by Crippen LogP contribution is -2.29. The summed E-state index contributed by atoms with van der Waals surface area (Å²) < 4.78 is 0. The number of aliphatic hydroxyl groups excluding tert-OH is 1. The molecule has 1 amide bonds. The van der Waals surface area contributed by atoms with Crippen LogP contribution in [0.1, 0.15) is 28.0 Å². The highest BCUT2D eigenvalue weighted by Gasteiger charge is 2.28. The standard InChI is InChI=1S/C17H21N3O2S/c1-18-17-19-15(11-23-17)16(22)20-6-5-13(9-20)7-12-3-2-4-14(8-12)10-21/h2-4,8,11,13,21H,5-7,9-10H2,1H3,(H,18,19)/t13-/m0/s1. The average molecular weight is 331 g/mol. The first kappa shape index (κ1) is 16.0. The first-order valence-electron chi connectivity index (χ1n) is 7.81. The number of hydrogen-bond donors (Lipinski definition) is 2. The van der Waals surface area contributed by atoms with Crippen LogP contribution in [0, 0.1) is 5.92 Å². The Morgan fingerprint density at radius 3 is 3.04 bits per heavy atom. The number of aromatic nitrogens is 1. The number of anilines is 1. The van der Waals surface area contributed by atoms with Crippen molar-refractivity contribution in [3.05, 3.63) is 46.5 Å². The Kier molecular flexibility index (Phi) is 4.93. The molecule has 2 N–H and O–H groups in total. The molecular weight excluding hydrogens is 310 g/mol. The zero-order valence-corrected chi connectivity index (χ0v) is 14.0. The Bertz CT molecular complexity index is 686. The zero-order valence-electron chi connectivity index (χ0n) is 13.2. The number of carbonyl (C=O) groups is 1. The maximum atomic E-state index is 12.5. The van der Waals surface area contributed by atoms with Gasteiger partial charge in [0.15, 0.2) is 5.13 Å². The summed E-state index contributed by atoms with van der Waals surface area (Å²) >= 11 is 1.45. The van der Waals surface area contributed by atoms with Gasteiger partial charge in [-0.25, -0.2) is 4.98 Å². The first-order chi connectivity index (χ1) is 11.2. The van der Waals surface area contributed by atoms with Gasteiger partial charge in [0.25, 0.3) is 5.91 Å². The molecule has 122 valence electrons. The van der Waals surface area contributed by atoms with Crippen LogP contribution in [-0.4, -0.2) is 41.0 Å². The molecule has 2 aromatic rings. The van der Waals surface area contributed by atoms with Crippen molar-refractivity contribution in [2.24, 2.45) is 5.92 Å². The summed E-state index contributed by atoms with van der Waals surface area (Å²) in [5, 5.41) is 14.8. The van der Waals surface area contributed by atoms with E-state index in [1.807, 2.05) is 28.5 Å². The molecule has 1 aliphatic rings. The van der Waals surface area contributed by atoms with Gasteiger partial charge in [-0.3, -0.25) is 4.79 Å². The van der Waals surface area contributed by atoms with Crippen LogP contribution >= 0.6 is 11.3 Å². The number of carbonyl (C=O) groups excluding carboxylic acids is 1. The maximum absolute atomic E-state index is 12.5. The number of aliphatic hydroxyl groups is 1. The summed E-state index contributed by atoms with van der Waals surface area (Å²) in [6.07, 6.45) is 1.95. The van der Waals surface area contributed by atoms with E-state index in [2.05, 4.69) is 16.4 Å². The lowest BCUT2D eigenvalue weighted by atomic mass is 9.97. The molecule has 1 aromatic carbocycles. The van der Waals surface area contributed by atoms with Crippen LogP contribution in [-0.2, 0) is 13.0 Å². The first-order valence-corrected chi connectivity index (χ1v) is 8.69. The third-order valence-corrected chi connectivity index (χ3v) is 5.07. The van der Waals surface area contributed by atoms with Gasteiger partial charge in [0.05, 0.1) is 6.61 Å². The van der Waals surface area contributed by atoms with Gasteiger partial charge in [0, 0.05) is 25.5 Å². The fourth-order valence-corrected chi connectivity index (χ4v) is 3.67. The molecule has 0 aliphatic carbocycles. The fraction of sp³-hybridized carbons (Fsp3) is 0.412. The number of hydrogen-bond acceptors (Lipinski definition) is 5. The Morgan fingerprint density at radius 2 is 2.30 bits per heavy atom. The molecule has 0 unspecified atom stereocenters. The third kappa shape index (κ3) is 3.71. The monoisotopic (exact) mass is 331 g/mol. The van der Waals surface area contributed by atoms with Gasteiger partial charge >= 0.3 is 0 Å². The van der Waals surface area contributed by atoms with Crippen LogP contribution in [0.15, 0.2) is 29.6 Å². The highest BCUT2D eigenvalue weighted by atomic mass is 32.1. The van der Waals surface area contributed by atoms with E-state index in [4.69, 9.17) is 0 Å². The lowest BCUT2D eigenvalue weighted by molar-refractivity contribution is 0.0782. The minimum Gasteiger partial charge on any atom is -0.392 e. The van der Waals surface area contributed by atoms with Crippen molar-refractivity contribution in [1.82, 2.24) is 9.88 Å². The smallest absolute Gasteiger partial charge is 0.273 e. The predicted octanol–water partition coefficient (Wildman–Crippen LogP) is 2.38. The van der Waals surface area contributed by atoms with Crippen molar-refractivity contribution in [2.45, 2.75) is 19.4 Å². The van der Waals surface area contributed by atoms with Crippen molar-refractivity contribution >= 4 is 22.4 Å². The summed E-state index contributed by atoms with van der Waals surface area (Å²) in [6.45, 7) is 1.63. The van der Waals surface area contributed by atoms with Crippen molar-refractivity contribution in [2.75, 3.05) is 25.5 Å². The van der Waals surface area contributed by atoms with Crippen LogP contribution in [0.4, 0.5) is 5.13 Å². The van der Waals surface area contributed by atoms with Crippen LogP contribution in [0.2, 0.25) is 0 Å². The molecule has 1 aliphatic heterocycles. The second kappa shape index (κ2) is 7.10. The van der Waals surface area contributed by atoms with E-state index >= 15 is 0 Å². The zero-order chi connectivity index (χ0) is 16.2. The predicted molar refractivity (Wildman–Crippen MR) is 91.7 cm³/mol. The number of amides is 1. The lowest BCUT2D eigenvalue weighted by Gasteiger charge is -2.15. The van der Waals surface area contributed by atoms with Crippen LogP contribution in [0.5, 0.6) is 0 Å². The van der Waals surface area contributed by atoms with Gasteiger partial charge in [-0.2, -0.15) is 0 Å². The second-order valence-corrected chi connectivity index (χ2v) is 6.73. The summed E-state index contributed by atoms with van der Waals surface area (Å²) in [5.41, 5.74) is 2.69. The summed E-state index contributed by atoms with van der Waals surface area (Å²) in [4.78, 5) is 18.7. The van der Waals surface area contributed by atoms with Crippen molar-refractivity contribution in [3.8, 4) is 0 Å². The van der Waals surface area contributed by atoms with Crippen LogP contribution in [0.3, 0.4) is 0 Å². The number of thiazole rings is 1. The molecule has 2 heterocycles. The third-order valence-electron chi connectivity index (χ3n) is 4.21. The van der Waals surface area contributed by atoms with Crippen molar-refractivity contribution in [1.29, 1.82) is 0 Å². The highest BCUT2D eigenvalue weighted by Crippen LogP contribution is 2.24. The highest BCUT2D eigenvalue weighted by molar-refractivity contribution is 7.13. The number of rotatable bonds is 5. The van der Waals surface area contributed by atoms with Crippen LogP contribution in [0.25, 0.3) is 0 Å². The van der Waals surface area contributed by atoms with Gasteiger partial charge in [0.2, 0.25) is 0 Å². The van der Waals surface area contributed by atoms with Crippen LogP contribution < -0.4 is 5.32 Å². The molecule has 1 saturated heterocycles. The Labute approximate surface area is 140 Å². The van der Waals surface area contributed by atoms with E-state index in [9.17, 15) is 9.90 Å². The minimum absolute atomic E-state index is 0.0226. The molecule has 3 rings (SSSR count). The topological polar surface area (TPSA) is 65.5 Å². The van der Waals surface area contributed by atoms with Gasteiger partial charge in [-0.15, -0.1) is 11.3 Å². The van der Waals surface area contributed by atoms with Gasteiger partial charge in [-0.05, 0) is 29.9 Å². The summed E-state index contributed by atoms with van der Waals surface area (Å²) in [7, 11) is 1.81.